The Labute approximate surface area is 132 Å². The van der Waals surface area contributed by atoms with E-state index in [1.165, 1.54) is 0 Å². The Morgan fingerprint density at radius 2 is 1.95 bits per heavy atom. The number of benzene rings is 1. The Hall–Kier alpha value is -1.88. The van der Waals surface area contributed by atoms with Crippen molar-refractivity contribution < 1.29 is 9.26 Å². The van der Waals surface area contributed by atoms with Crippen LogP contribution in [0.15, 0.2) is 28.8 Å². The summed E-state index contributed by atoms with van der Waals surface area (Å²) in [7, 11) is 3.74. The molecule has 1 aromatic carbocycles. The van der Waals surface area contributed by atoms with Crippen LogP contribution in [-0.2, 0) is 12.0 Å². The molecule has 0 radical (unpaired) electrons. The van der Waals surface area contributed by atoms with E-state index < -0.39 is 0 Å². The van der Waals surface area contributed by atoms with Gasteiger partial charge in [0.25, 0.3) is 0 Å². The van der Waals surface area contributed by atoms with E-state index in [4.69, 9.17) is 9.26 Å². The van der Waals surface area contributed by atoms with Crippen molar-refractivity contribution in [1.29, 1.82) is 0 Å². The average molecular weight is 303 g/mol. The molecule has 0 N–H and O–H groups in total. The summed E-state index contributed by atoms with van der Waals surface area (Å²) in [5, 5.41) is 4.08. The van der Waals surface area contributed by atoms with Gasteiger partial charge in [-0.25, -0.2) is 0 Å². The molecule has 1 unspecified atom stereocenters. The highest BCUT2D eigenvalue weighted by Gasteiger charge is 2.23. The number of hydrogen-bond acceptors (Lipinski definition) is 5. The summed E-state index contributed by atoms with van der Waals surface area (Å²) in [5.41, 5.74) is 1.02. The van der Waals surface area contributed by atoms with Gasteiger partial charge in [0, 0.05) is 17.0 Å². The monoisotopic (exact) mass is 303 g/mol. The van der Waals surface area contributed by atoms with Gasteiger partial charge in [-0.3, -0.25) is 4.90 Å². The largest absolute Gasteiger partial charge is 0.496 e. The van der Waals surface area contributed by atoms with Crippen molar-refractivity contribution in [1.82, 2.24) is 15.0 Å². The number of aromatic nitrogens is 2. The van der Waals surface area contributed by atoms with Gasteiger partial charge >= 0.3 is 0 Å². The van der Waals surface area contributed by atoms with Crippen LogP contribution in [0.3, 0.4) is 0 Å². The second-order valence-corrected chi connectivity index (χ2v) is 6.60. The van der Waals surface area contributed by atoms with E-state index in [2.05, 4.69) is 48.8 Å². The van der Waals surface area contributed by atoms with Crippen molar-refractivity contribution in [3.63, 3.8) is 0 Å². The predicted molar refractivity (Wildman–Crippen MR) is 85.9 cm³/mol. The molecule has 22 heavy (non-hydrogen) atoms. The number of rotatable bonds is 5. The zero-order chi connectivity index (χ0) is 16.3. The standard InChI is InChI=1S/C17H25N3O2/c1-12(13-9-7-8-10-14(13)21-6)20(5)11-15-18-16(22-19-15)17(2,3)4/h7-10,12H,11H2,1-6H3. The third-order valence-electron chi connectivity index (χ3n) is 3.75. The Kier molecular flexibility index (Phi) is 4.86. The molecule has 0 amide bonds. The van der Waals surface area contributed by atoms with Crippen LogP contribution in [0.25, 0.3) is 0 Å². The minimum Gasteiger partial charge on any atom is -0.496 e. The lowest BCUT2D eigenvalue weighted by Gasteiger charge is -2.25. The first-order chi connectivity index (χ1) is 10.3. The van der Waals surface area contributed by atoms with E-state index in [-0.39, 0.29) is 11.5 Å². The lowest BCUT2D eigenvalue weighted by atomic mass is 9.97. The molecular weight excluding hydrogens is 278 g/mol. The molecular formula is C17H25N3O2. The summed E-state index contributed by atoms with van der Waals surface area (Å²) < 4.78 is 10.8. The fourth-order valence-corrected chi connectivity index (χ4v) is 2.23. The molecule has 120 valence electrons. The lowest BCUT2D eigenvalue weighted by Crippen LogP contribution is -2.23. The zero-order valence-electron chi connectivity index (χ0n) is 14.3. The summed E-state index contributed by atoms with van der Waals surface area (Å²) >= 11 is 0. The highest BCUT2D eigenvalue weighted by atomic mass is 16.5. The number of ether oxygens (including phenoxy) is 1. The van der Waals surface area contributed by atoms with Gasteiger partial charge in [-0.1, -0.05) is 44.1 Å². The van der Waals surface area contributed by atoms with Gasteiger partial charge in [0.2, 0.25) is 5.89 Å². The van der Waals surface area contributed by atoms with Gasteiger partial charge in [-0.05, 0) is 20.0 Å². The van der Waals surface area contributed by atoms with E-state index in [1.807, 2.05) is 25.2 Å². The molecule has 0 aliphatic rings. The van der Waals surface area contributed by atoms with Gasteiger partial charge in [0.15, 0.2) is 5.82 Å². The van der Waals surface area contributed by atoms with E-state index >= 15 is 0 Å². The molecule has 0 fully saturated rings. The average Bonchev–Trinajstić information content (AvgIpc) is 2.95. The topological polar surface area (TPSA) is 51.4 Å². The second kappa shape index (κ2) is 6.48. The van der Waals surface area contributed by atoms with Crippen LogP contribution in [0, 0.1) is 0 Å². The molecule has 0 spiro atoms. The minimum absolute atomic E-state index is 0.127. The molecule has 5 heteroatoms. The van der Waals surface area contributed by atoms with Gasteiger partial charge < -0.3 is 9.26 Å². The summed E-state index contributed by atoms with van der Waals surface area (Å²) in [5.74, 6) is 2.26. The molecule has 1 atom stereocenters. The number of methoxy groups -OCH3 is 1. The maximum Gasteiger partial charge on any atom is 0.232 e. The van der Waals surface area contributed by atoms with Crippen LogP contribution < -0.4 is 4.74 Å². The first-order valence-electron chi connectivity index (χ1n) is 7.49. The van der Waals surface area contributed by atoms with E-state index in [9.17, 15) is 0 Å². The molecule has 1 aromatic heterocycles. The van der Waals surface area contributed by atoms with Gasteiger partial charge in [0.05, 0.1) is 13.7 Å². The smallest absolute Gasteiger partial charge is 0.232 e. The number of nitrogens with zero attached hydrogens (tertiary/aromatic N) is 3. The molecule has 2 rings (SSSR count). The van der Waals surface area contributed by atoms with Crippen LogP contribution >= 0.6 is 0 Å². The van der Waals surface area contributed by atoms with Crippen molar-refractivity contribution >= 4 is 0 Å². The first-order valence-corrected chi connectivity index (χ1v) is 7.49. The first kappa shape index (κ1) is 16.5. The number of hydrogen-bond donors (Lipinski definition) is 0. The predicted octanol–water partition coefficient (Wildman–Crippen LogP) is 3.57. The summed E-state index contributed by atoms with van der Waals surface area (Å²) in [6, 6.07) is 8.24. The van der Waals surface area contributed by atoms with E-state index in [0.29, 0.717) is 18.3 Å². The van der Waals surface area contributed by atoms with Crippen molar-refractivity contribution in [2.24, 2.45) is 0 Å². The minimum atomic E-state index is -0.127. The molecule has 0 saturated heterocycles. The van der Waals surface area contributed by atoms with Crippen LogP contribution in [-0.4, -0.2) is 29.2 Å². The number of para-hydroxylation sites is 1. The summed E-state index contributed by atoms with van der Waals surface area (Å²) in [6.45, 7) is 8.95. The van der Waals surface area contributed by atoms with Crippen molar-refractivity contribution in [2.75, 3.05) is 14.2 Å². The maximum absolute atomic E-state index is 5.44. The molecule has 0 aliphatic heterocycles. The summed E-state index contributed by atoms with van der Waals surface area (Å²) in [6.07, 6.45) is 0. The molecule has 2 aromatic rings. The molecule has 0 aliphatic carbocycles. The van der Waals surface area contributed by atoms with Gasteiger partial charge in [-0.2, -0.15) is 4.98 Å². The Morgan fingerprint density at radius 3 is 2.55 bits per heavy atom. The van der Waals surface area contributed by atoms with Gasteiger partial charge in [0.1, 0.15) is 5.75 Å². The van der Waals surface area contributed by atoms with Crippen LogP contribution in [0.5, 0.6) is 5.75 Å². The van der Waals surface area contributed by atoms with E-state index in [0.717, 1.165) is 11.3 Å². The van der Waals surface area contributed by atoms with Crippen molar-refractivity contribution in [3.8, 4) is 5.75 Å². The maximum atomic E-state index is 5.44. The van der Waals surface area contributed by atoms with Crippen LogP contribution in [0.1, 0.15) is 51.0 Å². The Bertz CT molecular complexity index is 616. The third kappa shape index (κ3) is 3.65. The highest BCUT2D eigenvalue weighted by molar-refractivity contribution is 5.35. The SMILES string of the molecule is COc1ccccc1C(C)N(C)Cc1noc(C(C)(C)C)n1. The van der Waals surface area contributed by atoms with Crippen molar-refractivity contribution in [2.45, 2.75) is 45.7 Å². The molecule has 1 heterocycles. The van der Waals surface area contributed by atoms with E-state index in [1.54, 1.807) is 7.11 Å². The fraction of sp³-hybridized carbons (Fsp3) is 0.529. The Morgan fingerprint density at radius 1 is 1.27 bits per heavy atom. The zero-order valence-corrected chi connectivity index (χ0v) is 14.3. The fourth-order valence-electron chi connectivity index (χ4n) is 2.23. The van der Waals surface area contributed by atoms with Crippen molar-refractivity contribution in [3.05, 3.63) is 41.5 Å². The molecule has 0 bridgehead atoms. The van der Waals surface area contributed by atoms with Crippen LogP contribution in [0.4, 0.5) is 0 Å². The second-order valence-electron chi connectivity index (χ2n) is 6.60. The highest BCUT2D eigenvalue weighted by Crippen LogP contribution is 2.29. The van der Waals surface area contributed by atoms with Crippen LogP contribution in [0.2, 0.25) is 0 Å². The third-order valence-corrected chi connectivity index (χ3v) is 3.75. The summed E-state index contributed by atoms with van der Waals surface area (Å²) in [4.78, 5) is 6.67. The Balaban J connectivity index is 2.11. The van der Waals surface area contributed by atoms with Gasteiger partial charge in [-0.15, -0.1) is 0 Å². The normalized spacial score (nSPS) is 13.4. The molecule has 5 nitrogen and oxygen atoms in total. The lowest BCUT2D eigenvalue weighted by molar-refractivity contribution is 0.236. The molecule has 0 saturated carbocycles. The quantitative estimate of drug-likeness (QED) is 0.845.